The molecular formula is C29H22FN5O. The van der Waals surface area contributed by atoms with Crippen LogP contribution in [0.2, 0.25) is 0 Å². The van der Waals surface area contributed by atoms with Gasteiger partial charge in [0.15, 0.2) is 5.82 Å². The topological polar surface area (TPSA) is 92.8 Å². The smallest absolute Gasteiger partial charge is 0.214 e. The Morgan fingerprint density at radius 1 is 0.917 bits per heavy atom. The average molecular weight is 476 g/mol. The number of nitrogens with one attached hydrogen (secondary N) is 1. The predicted molar refractivity (Wildman–Crippen MR) is 136 cm³/mol. The van der Waals surface area contributed by atoms with Gasteiger partial charge >= 0.3 is 0 Å². The number of halogens is 1. The number of carbonyl (C=O) groups excluding carboxylic acids is 1. The molecule has 4 rings (SSSR count). The monoisotopic (exact) mass is 475 g/mol. The van der Waals surface area contributed by atoms with Crippen LogP contribution in [0.4, 0.5) is 15.9 Å². The second-order valence-electron chi connectivity index (χ2n) is 8.07. The van der Waals surface area contributed by atoms with E-state index in [2.05, 4.69) is 17.5 Å². The summed E-state index contributed by atoms with van der Waals surface area (Å²) >= 11 is 0. The second kappa shape index (κ2) is 11.4. The van der Waals surface area contributed by atoms with Gasteiger partial charge in [-0.25, -0.2) is 9.37 Å². The largest absolute Gasteiger partial charge is 0.368 e. The fraction of sp³-hybridized carbons (Fsp3) is 0.103. The molecule has 4 aromatic rings. The number of rotatable bonds is 9. The first-order valence-corrected chi connectivity index (χ1v) is 11.3. The van der Waals surface area contributed by atoms with E-state index in [0.717, 1.165) is 17.5 Å². The maximum Gasteiger partial charge on any atom is 0.214 e. The maximum atomic E-state index is 13.6. The number of hydrogen-bond acceptors (Lipinski definition) is 5. The van der Waals surface area contributed by atoms with E-state index in [1.807, 2.05) is 18.2 Å². The van der Waals surface area contributed by atoms with Gasteiger partial charge in [-0.15, -0.1) is 0 Å². The number of nitrogens with zero attached hydrogens (tertiary/aromatic N) is 4. The molecular weight excluding hydrogens is 453 g/mol. The van der Waals surface area contributed by atoms with Gasteiger partial charge in [-0.05, 0) is 60.0 Å². The van der Waals surface area contributed by atoms with E-state index in [1.165, 1.54) is 17.0 Å². The predicted octanol–water partition coefficient (Wildman–Crippen LogP) is 5.45. The number of anilines is 2. The maximum absolute atomic E-state index is 13.6. The summed E-state index contributed by atoms with van der Waals surface area (Å²) in [4.78, 5) is 18.4. The van der Waals surface area contributed by atoms with Crippen molar-refractivity contribution in [3.8, 4) is 23.4 Å². The van der Waals surface area contributed by atoms with Gasteiger partial charge in [0.25, 0.3) is 0 Å². The normalized spacial score (nSPS) is 10.2. The molecule has 36 heavy (non-hydrogen) atoms. The summed E-state index contributed by atoms with van der Waals surface area (Å²) in [5.41, 5.74) is 4.56. The number of benzene rings is 3. The number of carbonyl (C=O) groups is 1. The molecule has 1 N–H and O–H groups in total. The van der Waals surface area contributed by atoms with Crippen LogP contribution in [0.1, 0.15) is 22.3 Å². The first-order valence-electron chi connectivity index (χ1n) is 11.3. The Balaban J connectivity index is 1.66. The molecule has 6 nitrogen and oxygen atoms in total. The Labute approximate surface area is 208 Å². The summed E-state index contributed by atoms with van der Waals surface area (Å²) < 4.78 is 13.6. The van der Waals surface area contributed by atoms with Gasteiger partial charge in [0.05, 0.1) is 41.2 Å². The Morgan fingerprint density at radius 3 is 2.44 bits per heavy atom. The molecule has 3 aromatic carbocycles. The number of hydrogen-bond donors (Lipinski definition) is 1. The summed E-state index contributed by atoms with van der Waals surface area (Å²) in [7, 11) is 0. The molecule has 0 bridgehead atoms. The minimum absolute atomic E-state index is 0.281. The van der Waals surface area contributed by atoms with Crippen molar-refractivity contribution in [2.45, 2.75) is 13.0 Å². The summed E-state index contributed by atoms with van der Waals surface area (Å²) in [6, 6.07) is 28.4. The quantitative estimate of drug-likeness (QED) is 0.325. The first kappa shape index (κ1) is 24.1. The van der Waals surface area contributed by atoms with Gasteiger partial charge in [0, 0.05) is 12.1 Å². The van der Waals surface area contributed by atoms with Gasteiger partial charge in [0.2, 0.25) is 6.41 Å². The van der Waals surface area contributed by atoms with Crippen molar-refractivity contribution in [1.82, 2.24) is 4.98 Å². The molecule has 0 unspecified atom stereocenters. The molecule has 0 radical (unpaired) electrons. The van der Waals surface area contributed by atoms with Crippen molar-refractivity contribution in [3.05, 3.63) is 113 Å². The van der Waals surface area contributed by atoms with Crippen LogP contribution in [0.15, 0.2) is 84.9 Å². The zero-order valence-electron chi connectivity index (χ0n) is 19.4. The van der Waals surface area contributed by atoms with Gasteiger partial charge in [0.1, 0.15) is 5.82 Å². The summed E-state index contributed by atoms with van der Waals surface area (Å²) in [5, 5.41) is 21.8. The zero-order chi connectivity index (χ0) is 25.3. The molecule has 0 saturated heterocycles. The summed E-state index contributed by atoms with van der Waals surface area (Å²) in [6.07, 6.45) is 1.28. The highest BCUT2D eigenvalue weighted by molar-refractivity contribution is 5.83. The lowest BCUT2D eigenvalue weighted by Crippen LogP contribution is -2.22. The molecule has 1 heterocycles. The van der Waals surface area contributed by atoms with Crippen molar-refractivity contribution in [2.75, 3.05) is 16.8 Å². The highest BCUT2D eigenvalue weighted by Crippen LogP contribution is 2.30. The van der Waals surface area contributed by atoms with Crippen LogP contribution in [-0.2, 0) is 17.8 Å². The van der Waals surface area contributed by atoms with E-state index < -0.39 is 0 Å². The highest BCUT2D eigenvalue weighted by atomic mass is 19.1. The molecule has 1 aromatic heterocycles. The number of nitriles is 2. The standard InChI is InChI=1S/C29H22FN5O/c30-25-6-3-4-21(16-25)14-15-33-29-28(35(20-36)19-23-10-8-22(17-31)9-11-23)13-12-27(34-29)26-7-2-1-5-24(26)18-32/h1-13,16,20H,14-15,19H2,(H,33,34). The highest BCUT2D eigenvalue weighted by Gasteiger charge is 2.16. The van der Waals surface area contributed by atoms with Crippen molar-refractivity contribution < 1.29 is 9.18 Å². The number of aromatic nitrogens is 1. The Bertz CT molecular complexity index is 1450. The van der Waals surface area contributed by atoms with E-state index in [-0.39, 0.29) is 12.4 Å². The van der Waals surface area contributed by atoms with Gasteiger partial charge in [-0.1, -0.05) is 42.5 Å². The third-order valence-electron chi connectivity index (χ3n) is 5.67. The average Bonchev–Trinajstić information content (AvgIpc) is 2.92. The minimum atomic E-state index is -0.295. The minimum Gasteiger partial charge on any atom is -0.368 e. The molecule has 1 amide bonds. The van der Waals surface area contributed by atoms with Gasteiger partial charge < -0.3 is 10.2 Å². The van der Waals surface area contributed by atoms with Gasteiger partial charge in [-0.3, -0.25) is 4.79 Å². The summed E-state index contributed by atoms with van der Waals surface area (Å²) in [5.74, 6) is 0.174. The SMILES string of the molecule is N#Cc1ccc(CN(C=O)c2ccc(-c3ccccc3C#N)nc2NCCc2cccc(F)c2)cc1. The van der Waals surface area contributed by atoms with Crippen LogP contribution in [0.25, 0.3) is 11.3 Å². The van der Waals surface area contributed by atoms with Crippen molar-refractivity contribution in [3.63, 3.8) is 0 Å². The van der Waals surface area contributed by atoms with Gasteiger partial charge in [-0.2, -0.15) is 10.5 Å². The Morgan fingerprint density at radius 2 is 1.72 bits per heavy atom. The van der Waals surface area contributed by atoms with Crippen LogP contribution in [-0.4, -0.2) is 17.9 Å². The fourth-order valence-electron chi connectivity index (χ4n) is 3.85. The van der Waals surface area contributed by atoms with Crippen molar-refractivity contribution in [1.29, 1.82) is 10.5 Å². The van der Waals surface area contributed by atoms with Crippen LogP contribution in [0.3, 0.4) is 0 Å². The van der Waals surface area contributed by atoms with Crippen molar-refractivity contribution >= 4 is 17.9 Å². The second-order valence-corrected chi connectivity index (χ2v) is 8.07. The molecule has 0 aliphatic rings. The van der Waals surface area contributed by atoms with E-state index in [9.17, 15) is 14.4 Å². The van der Waals surface area contributed by atoms with E-state index in [1.54, 1.807) is 54.6 Å². The van der Waals surface area contributed by atoms with Crippen molar-refractivity contribution in [2.24, 2.45) is 0 Å². The Kier molecular flexibility index (Phi) is 7.65. The van der Waals surface area contributed by atoms with Crippen LogP contribution in [0, 0.1) is 28.5 Å². The molecule has 7 heteroatoms. The lowest BCUT2D eigenvalue weighted by atomic mass is 10.0. The lowest BCUT2D eigenvalue weighted by Gasteiger charge is -2.22. The fourth-order valence-corrected chi connectivity index (χ4v) is 3.85. The van der Waals surface area contributed by atoms with Crippen LogP contribution >= 0.6 is 0 Å². The molecule has 0 fully saturated rings. The lowest BCUT2D eigenvalue weighted by molar-refractivity contribution is -0.107. The van der Waals surface area contributed by atoms with Crippen LogP contribution in [0.5, 0.6) is 0 Å². The van der Waals surface area contributed by atoms with E-state index in [4.69, 9.17) is 10.2 Å². The number of amides is 1. The zero-order valence-corrected chi connectivity index (χ0v) is 19.4. The molecule has 176 valence electrons. The number of pyridine rings is 1. The summed E-state index contributed by atoms with van der Waals surface area (Å²) in [6.45, 7) is 0.736. The third-order valence-corrected chi connectivity index (χ3v) is 5.67. The Hall–Kier alpha value is -5.01. The van der Waals surface area contributed by atoms with E-state index in [0.29, 0.717) is 46.9 Å². The van der Waals surface area contributed by atoms with Crippen LogP contribution < -0.4 is 10.2 Å². The third kappa shape index (κ3) is 5.72. The van der Waals surface area contributed by atoms with E-state index >= 15 is 0 Å². The molecule has 0 saturated carbocycles. The molecule has 0 aliphatic carbocycles. The first-order chi connectivity index (χ1) is 17.6. The molecule has 0 atom stereocenters. The molecule has 0 aliphatic heterocycles. The molecule has 0 spiro atoms.